The molecule has 46 heavy (non-hydrogen) atoms. The zero-order chi connectivity index (χ0) is 31.8. The van der Waals surface area contributed by atoms with Crippen molar-refractivity contribution in [1.29, 1.82) is 0 Å². The zero-order valence-corrected chi connectivity index (χ0v) is 26.5. The van der Waals surface area contributed by atoms with Gasteiger partial charge in [0.2, 0.25) is 5.91 Å². The summed E-state index contributed by atoms with van der Waals surface area (Å²) in [6, 6.07) is 18.9. The fourth-order valence-corrected chi connectivity index (χ4v) is 7.30. The summed E-state index contributed by atoms with van der Waals surface area (Å²) in [4.78, 5) is 17.6. The first-order valence-electron chi connectivity index (χ1n) is 15.3. The minimum Gasteiger partial charge on any atom is -0.494 e. The van der Waals surface area contributed by atoms with Gasteiger partial charge >= 0.3 is 10.3 Å². The van der Waals surface area contributed by atoms with Crippen LogP contribution in [0.2, 0.25) is 0 Å². The van der Waals surface area contributed by atoms with Crippen LogP contribution in [0.4, 0.5) is 5.69 Å². The number of ether oxygens (including phenoxy) is 1. The number of fused-ring (bicyclic) bond motifs is 5. The third kappa shape index (κ3) is 5.93. The molecule has 8 rings (SSSR count). The van der Waals surface area contributed by atoms with E-state index in [2.05, 4.69) is 26.7 Å². The molecular weight excluding hydrogens is 604 g/mol. The number of benzene rings is 3. The van der Waals surface area contributed by atoms with Gasteiger partial charge in [-0.2, -0.15) is 12.7 Å². The van der Waals surface area contributed by atoms with Crippen molar-refractivity contribution in [2.75, 3.05) is 11.9 Å². The molecule has 0 radical (unpaired) electrons. The lowest BCUT2D eigenvalue weighted by molar-refractivity contribution is -0.116. The van der Waals surface area contributed by atoms with Gasteiger partial charge in [0, 0.05) is 43.7 Å². The quantitative estimate of drug-likeness (QED) is 0.278. The van der Waals surface area contributed by atoms with Crippen molar-refractivity contribution in [3.05, 3.63) is 106 Å². The molecule has 0 saturated heterocycles. The Hall–Kier alpha value is -4.81. The molecule has 0 fully saturated rings. The van der Waals surface area contributed by atoms with Crippen molar-refractivity contribution in [3.8, 4) is 11.5 Å². The minimum absolute atomic E-state index is 0.105. The molecule has 3 aliphatic heterocycles. The number of rotatable bonds is 3. The molecule has 5 heterocycles. The molecule has 3 aliphatic rings. The lowest BCUT2D eigenvalue weighted by Crippen LogP contribution is -2.37. The highest BCUT2D eigenvalue weighted by Gasteiger charge is 2.33. The molecule has 12 heteroatoms. The molecule has 3 aromatic carbocycles. The highest BCUT2D eigenvalue weighted by atomic mass is 32.2. The molecular formula is C34H34N6O5S. The molecule has 5 aromatic rings. The SMILES string of the molecule is Cc1ccc2cc1CN1Cc3cc(ccc3OS1(=O)=O)OCCCCn1nnc3c(C)c(ccc31)[C@H]2CC(=O)Nc1cccnc1. The Kier molecular flexibility index (Phi) is 7.91. The molecule has 1 amide bonds. The topological polar surface area (TPSA) is 129 Å². The number of anilines is 1. The Balaban J connectivity index is 1.32. The maximum Gasteiger partial charge on any atom is 0.385 e. The number of carbonyl (C=O) groups is 1. The number of pyridine rings is 1. The van der Waals surface area contributed by atoms with Gasteiger partial charge in [-0.15, -0.1) is 5.10 Å². The van der Waals surface area contributed by atoms with Gasteiger partial charge in [0.1, 0.15) is 17.0 Å². The Morgan fingerprint density at radius 2 is 1.89 bits per heavy atom. The van der Waals surface area contributed by atoms with E-state index >= 15 is 0 Å². The monoisotopic (exact) mass is 638 g/mol. The molecule has 2 atom stereocenters. The second-order valence-electron chi connectivity index (χ2n) is 11.8. The van der Waals surface area contributed by atoms with E-state index in [0.29, 0.717) is 30.3 Å². The van der Waals surface area contributed by atoms with Gasteiger partial charge in [-0.05, 0) is 90.9 Å². The average molecular weight is 639 g/mol. The molecule has 236 valence electrons. The third-order valence-corrected chi connectivity index (χ3v) is 10.0. The van der Waals surface area contributed by atoms with Gasteiger partial charge in [-0.25, -0.2) is 4.68 Å². The second kappa shape index (κ2) is 12.2. The van der Waals surface area contributed by atoms with E-state index in [1.54, 1.807) is 36.7 Å². The predicted octanol–water partition coefficient (Wildman–Crippen LogP) is 5.42. The van der Waals surface area contributed by atoms with Crippen LogP contribution in [0.1, 0.15) is 58.6 Å². The molecule has 2 aromatic heterocycles. The Labute approximate surface area is 267 Å². The standard InChI is InChI=1S/C34H34N6O5S/c1-22-7-8-24-16-25(22)20-39-21-26-17-28(9-12-32(26)45-46(39,42)43)44-15-4-3-14-40-31-11-10-29(23(2)34(31)37-38-40)30(24)18-33(41)36-27-6-5-13-35-19-27/h5-13,16-17,19,30H,3-4,14-15,18,20-21H2,1-2H3,(H,36,41)/t30-/m0/s1. The molecule has 11 nitrogen and oxygen atoms in total. The highest BCUT2D eigenvalue weighted by molar-refractivity contribution is 7.84. The summed E-state index contributed by atoms with van der Waals surface area (Å²) in [5, 5.41) is 12.0. The van der Waals surface area contributed by atoms with Crippen LogP contribution in [-0.2, 0) is 34.7 Å². The van der Waals surface area contributed by atoms with E-state index in [9.17, 15) is 13.2 Å². The summed E-state index contributed by atoms with van der Waals surface area (Å²) in [5.41, 5.74) is 7.60. The summed E-state index contributed by atoms with van der Waals surface area (Å²) in [5.74, 6) is 0.464. The second-order valence-corrected chi connectivity index (χ2v) is 13.4. The van der Waals surface area contributed by atoms with E-state index in [0.717, 1.165) is 57.3 Å². The van der Waals surface area contributed by atoms with Crippen molar-refractivity contribution >= 4 is 32.9 Å². The van der Waals surface area contributed by atoms with Crippen LogP contribution in [0.15, 0.2) is 73.1 Å². The first-order chi connectivity index (χ1) is 22.2. The first-order valence-corrected chi connectivity index (χ1v) is 16.7. The minimum atomic E-state index is -4.04. The van der Waals surface area contributed by atoms with Crippen LogP contribution < -0.4 is 14.2 Å². The Morgan fingerprint density at radius 1 is 1.02 bits per heavy atom. The predicted molar refractivity (Wildman–Crippen MR) is 173 cm³/mol. The van der Waals surface area contributed by atoms with Crippen molar-refractivity contribution in [2.24, 2.45) is 0 Å². The van der Waals surface area contributed by atoms with Gasteiger partial charge in [0.15, 0.2) is 0 Å². The fraction of sp³-hybridized carbons (Fsp3) is 0.294. The number of aryl methyl sites for hydroxylation is 3. The third-order valence-electron chi connectivity index (χ3n) is 8.74. The summed E-state index contributed by atoms with van der Waals surface area (Å²) in [6.45, 7) is 5.41. The van der Waals surface area contributed by atoms with Crippen molar-refractivity contribution in [2.45, 2.75) is 58.7 Å². The maximum atomic E-state index is 13.5. The zero-order valence-electron chi connectivity index (χ0n) is 25.6. The highest BCUT2D eigenvalue weighted by Crippen LogP contribution is 2.37. The van der Waals surface area contributed by atoms with Crippen LogP contribution in [-0.4, -0.2) is 45.2 Å². The van der Waals surface area contributed by atoms with Gasteiger partial charge in [-0.3, -0.25) is 9.78 Å². The van der Waals surface area contributed by atoms with E-state index in [4.69, 9.17) is 8.92 Å². The number of aromatic nitrogens is 4. The number of amides is 1. The lowest BCUT2D eigenvalue weighted by atomic mass is 9.84. The van der Waals surface area contributed by atoms with E-state index in [1.165, 1.54) is 4.31 Å². The Bertz CT molecular complexity index is 2050. The van der Waals surface area contributed by atoms with Gasteiger partial charge < -0.3 is 14.2 Å². The molecule has 9 bridgehead atoms. The fourth-order valence-electron chi connectivity index (χ4n) is 6.21. The van der Waals surface area contributed by atoms with Crippen LogP contribution in [0.3, 0.4) is 0 Å². The van der Waals surface area contributed by atoms with Crippen molar-refractivity contribution in [1.82, 2.24) is 24.3 Å². The summed E-state index contributed by atoms with van der Waals surface area (Å²) >= 11 is 0. The normalized spacial score (nSPS) is 19.0. The van der Waals surface area contributed by atoms with Crippen LogP contribution >= 0.6 is 0 Å². The van der Waals surface area contributed by atoms with E-state index in [-0.39, 0.29) is 31.3 Å². The summed E-state index contributed by atoms with van der Waals surface area (Å²) in [7, 11) is -4.04. The van der Waals surface area contributed by atoms with E-state index < -0.39 is 10.3 Å². The number of hydrogen-bond acceptors (Lipinski definition) is 8. The average Bonchev–Trinajstić information content (AvgIpc) is 3.45. The van der Waals surface area contributed by atoms with Gasteiger partial charge in [0.05, 0.1) is 24.0 Å². The number of nitrogens with one attached hydrogen (secondary N) is 1. The summed E-state index contributed by atoms with van der Waals surface area (Å²) in [6.07, 6.45) is 5.05. The van der Waals surface area contributed by atoms with Crippen LogP contribution in [0, 0.1) is 13.8 Å². The van der Waals surface area contributed by atoms with Gasteiger partial charge in [0.25, 0.3) is 0 Å². The van der Waals surface area contributed by atoms with Crippen molar-refractivity contribution < 1.29 is 22.1 Å². The molecule has 0 aliphatic carbocycles. The van der Waals surface area contributed by atoms with Gasteiger partial charge in [-0.1, -0.05) is 29.5 Å². The van der Waals surface area contributed by atoms with Crippen LogP contribution in [0.25, 0.3) is 11.0 Å². The largest absolute Gasteiger partial charge is 0.494 e. The van der Waals surface area contributed by atoms with E-state index in [1.807, 2.05) is 48.9 Å². The number of carbonyl (C=O) groups excluding carboxylic acids is 1. The summed E-state index contributed by atoms with van der Waals surface area (Å²) < 4.78 is 41.3. The first kappa shape index (κ1) is 29.9. The molecule has 0 spiro atoms. The van der Waals surface area contributed by atoms with Crippen LogP contribution in [0.5, 0.6) is 11.5 Å². The molecule has 0 saturated carbocycles. The smallest absolute Gasteiger partial charge is 0.385 e. The number of hydrogen-bond donors (Lipinski definition) is 1. The number of nitrogens with zero attached hydrogens (tertiary/aromatic N) is 5. The molecule has 1 unspecified atom stereocenters. The van der Waals surface area contributed by atoms with Crippen molar-refractivity contribution in [3.63, 3.8) is 0 Å². The maximum absolute atomic E-state index is 13.5. The Morgan fingerprint density at radius 3 is 2.74 bits per heavy atom. The molecule has 1 N–H and O–H groups in total. The lowest BCUT2D eigenvalue weighted by Gasteiger charge is -2.29.